The minimum atomic E-state index is 0.716. The fraction of sp³-hybridized carbons (Fsp3) is 1.00. The molecule has 0 bridgehead atoms. The van der Waals surface area contributed by atoms with Crippen LogP contribution in [0, 0.1) is 11.8 Å². The van der Waals surface area contributed by atoms with Gasteiger partial charge in [-0.1, -0.05) is 6.92 Å². The Morgan fingerprint density at radius 1 is 1.46 bits per heavy atom. The third kappa shape index (κ3) is 3.15. The van der Waals surface area contributed by atoms with Crippen molar-refractivity contribution in [1.29, 1.82) is 0 Å². The molecule has 1 saturated heterocycles. The van der Waals surface area contributed by atoms with Crippen LogP contribution in [-0.2, 0) is 0 Å². The second kappa shape index (κ2) is 4.67. The number of hydrogen-bond donors (Lipinski definition) is 2. The average Bonchev–Trinajstić information content (AvgIpc) is 2.84. The maximum absolute atomic E-state index is 3.57. The Labute approximate surface area is 85.2 Å². The van der Waals surface area contributed by atoms with Gasteiger partial charge < -0.3 is 10.6 Å². The summed E-state index contributed by atoms with van der Waals surface area (Å²) in [4.78, 5) is 0. The summed E-state index contributed by atoms with van der Waals surface area (Å²) in [5.41, 5.74) is 0. The Balaban J connectivity index is 1.51. The summed E-state index contributed by atoms with van der Waals surface area (Å²) in [6.07, 6.45) is 1.44. The summed E-state index contributed by atoms with van der Waals surface area (Å²) in [5.74, 6) is 4.54. The highest BCUT2D eigenvalue weighted by Gasteiger charge is 2.31. The molecule has 2 fully saturated rings. The van der Waals surface area contributed by atoms with Gasteiger partial charge in [-0.2, -0.15) is 11.8 Å². The Bertz CT molecular complexity index is 157. The minimum absolute atomic E-state index is 0.716. The second-order valence-electron chi connectivity index (χ2n) is 4.36. The molecule has 2 aliphatic rings. The standard InChI is InChI=1S/C10H20N2S/c1-8-4-9(8)5-11-6-10-7-13-3-2-12-10/h8-12H,2-7H2,1H3. The van der Waals surface area contributed by atoms with E-state index in [4.69, 9.17) is 0 Å². The van der Waals surface area contributed by atoms with Gasteiger partial charge in [-0.05, 0) is 24.8 Å². The van der Waals surface area contributed by atoms with Gasteiger partial charge in [-0.3, -0.25) is 0 Å². The van der Waals surface area contributed by atoms with Gasteiger partial charge in [0.25, 0.3) is 0 Å². The van der Waals surface area contributed by atoms with Crippen molar-refractivity contribution in [3.05, 3.63) is 0 Å². The van der Waals surface area contributed by atoms with Crippen LogP contribution in [0.25, 0.3) is 0 Å². The van der Waals surface area contributed by atoms with Crippen LogP contribution in [0.15, 0.2) is 0 Å². The molecule has 1 saturated carbocycles. The maximum atomic E-state index is 3.57. The van der Waals surface area contributed by atoms with E-state index in [1.54, 1.807) is 0 Å². The van der Waals surface area contributed by atoms with Crippen molar-refractivity contribution in [2.24, 2.45) is 11.8 Å². The number of hydrogen-bond acceptors (Lipinski definition) is 3. The van der Waals surface area contributed by atoms with Crippen molar-refractivity contribution in [3.8, 4) is 0 Å². The highest BCUT2D eigenvalue weighted by Crippen LogP contribution is 2.36. The molecule has 0 aromatic heterocycles. The maximum Gasteiger partial charge on any atom is 0.0283 e. The van der Waals surface area contributed by atoms with Crippen LogP contribution >= 0.6 is 11.8 Å². The highest BCUT2D eigenvalue weighted by atomic mass is 32.2. The summed E-state index contributed by atoms with van der Waals surface area (Å²) >= 11 is 2.08. The fourth-order valence-electron chi connectivity index (χ4n) is 1.88. The summed E-state index contributed by atoms with van der Waals surface area (Å²) < 4.78 is 0. The number of thioether (sulfide) groups is 1. The Hall–Kier alpha value is 0.270. The van der Waals surface area contributed by atoms with E-state index in [0.29, 0.717) is 6.04 Å². The van der Waals surface area contributed by atoms with E-state index in [0.717, 1.165) is 18.4 Å². The predicted octanol–water partition coefficient (Wildman–Crippen LogP) is 0.937. The summed E-state index contributed by atoms with van der Waals surface area (Å²) in [7, 11) is 0. The molecule has 2 N–H and O–H groups in total. The van der Waals surface area contributed by atoms with Crippen LogP contribution in [-0.4, -0.2) is 37.2 Å². The summed E-state index contributed by atoms with van der Waals surface area (Å²) in [6, 6.07) is 0.716. The van der Waals surface area contributed by atoms with Gasteiger partial charge in [0, 0.05) is 30.6 Å². The lowest BCUT2D eigenvalue weighted by Gasteiger charge is -2.23. The summed E-state index contributed by atoms with van der Waals surface area (Å²) in [6.45, 7) is 5.94. The smallest absolute Gasteiger partial charge is 0.0283 e. The van der Waals surface area contributed by atoms with E-state index in [1.807, 2.05) is 0 Å². The molecule has 0 radical (unpaired) electrons. The van der Waals surface area contributed by atoms with E-state index >= 15 is 0 Å². The van der Waals surface area contributed by atoms with Gasteiger partial charge in [-0.15, -0.1) is 0 Å². The molecule has 0 amide bonds. The van der Waals surface area contributed by atoms with E-state index in [2.05, 4.69) is 29.3 Å². The zero-order valence-corrected chi connectivity index (χ0v) is 9.20. The topological polar surface area (TPSA) is 24.1 Å². The fourth-order valence-corrected chi connectivity index (χ4v) is 2.83. The van der Waals surface area contributed by atoms with Gasteiger partial charge in [0.2, 0.25) is 0 Å². The number of nitrogens with one attached hydrogen (secondary N) is 2. The van der Waals surface area contributed by atoms with Crippen molar-refractivity contribution >= 4 is 11.8 Å². The first-order valence-corrected chi connectivity index (χ1v) is 6.53. The van der Waals surface area contributed by atoms with Crippen LogP contribution in [0.3, 0.4) is 0 Å². The molecule has 0 aromatic rings. The van der Waals surface area contributed by atoms with Crippen LogP contribution in [0.5, 0.6) is 0 Å². The van der Waals surface area contributed by atoms with Gasteiger partial charge >= 0.3 is 0 Å². The molecule has 1 aliphatic heterocycles. The molecule has 3 unspecified atom stereocenters. The molecule has 76 valence electrons. The van der Waals surface area contributed by atoms with Crippen LogP contribution in [0.4, 0.5) is 0 Å². The molecule has 0 spiro atoms. The third-order valence-electron chi connectivity index (χ3n) is 3.07. The Morgan fingerprint density at radius 3 is 2.92 bits per heavy atom. The van der Waals surface area contributed by atoms with Gasteiger partial charge in [0.1, 0.15) is 0 Å². The van der Waals surface area contributed by atoms with Crippen molar-refractivity contribution < 1.29 is 0 Å². The van der Waals surface area contributed by atoms with Crippen molar-refractivity contribution in [2.45, 2.75) is 19.4 Å². The minimum Gasteiger partial charge on any atom is -0.315 e. The molecule has 0 aromatic carbocycles. The van der Waals surface area contributed by atoms with Crippen molar-refractivity contribution in [3.63, 3.8) is 0 Å². The van der Waals surface area contributed by atoms with Crippen LogP contribution in [0.1, 0.15) is 13.3 Å². The van der Waals surface area contributed by atoms with Gasteiger partial charge in [0.05, 0.1) is 0 Å². The first-order valence-electron chi connectivity index (χ1n) is 5.38. The number of rotatable bonds is 4. The molecule has 3 atom stereocenters. The zero-order chi connectivity index (χ0) is 9.10. The van der Waals surface area contributed by atoms with E-state index in [-0.39, 0.29) is 0 Å². The van der Waals surface area contributed by atoms with Gasteiger partial charge in [-0.25, -0.2) is 0 Å². The normalized spacial score (nSPS) is 39.0. The molecular weight excluding hydrogens is 180 g/mol. The lowest BCUT2D eigenvalue weighted by molar-refractivity contribution is 0.500. The van der Waals surface area contributed by atoms with E-state index < -0.39 is 0 Å². The lowest BCUT2D eigenvalue weighted by Crippen LogP contribution is -2.44. The Kier molecular flexibility index (Phi) is 3.52. The molecule has 13 heavy (non-hydrogen) atoms. The highest BCUT2D eigenvalue weighted by molar-refractivity contribution is 7.99. The SMILES string of the molecule is CC1CC1CNCC1CSCCN1. The van der Waals surface area contributed by atoms with Gasteiger partial charge in [0.15, 0.2) is 0 Å². The molecule has 2 nitrogen and oxygen atoms in total. The first kappa shape index (κ1) is 9.81. The summed E-state index contributed by atoms with van der Waals surface area (Å²) in [5, 5.41) is 7.11. The van der Waals surface area contributed by atoms with E-state index in [1.165, 1.54) is 31.0 Å². The largest absolute Gasteiger partial charge is 0.315 e. The molecule has 1 aliphatic carbocycles. The van der Waals surface area contributed by atoms with Crippen LogP contribution < -0.4 is 10.6 Å². The molecule has 1 heterocycles. The molecule has 3 heteroatoms. The quantitative estimate of drug-likeness (QED) is 0.706. The Morgan fingerprint density at radius 2 is 2.31 bits per heavy atom. The van der Waals surface area contributed by atoms with Crippen LogP contribution in [0.2, 0.25) is 0 Å². The first-order chi connectivity index (χ1) is 6.36. The average molecular weight is 200 g/mol. The lowest BCUT2D eigenvalue weighted by atomic mass is 10.3. The molecule has 2 rings (SSSR count). The third-order valence-corrected chi connectivity index (χ3v) is 4.20. The van der Waals surface area contributed by atoms with Crippen molar-refractivity contribution in [1.82, 2.24) is 10.6 Å². The predicted molar refractivity (Wildman–Crippen MR) is 59.3 cm³/mol. The van der Waals surface area contributed by atoms with Crippen molar-refractivity contribution in [2.75, 3.05) is 31.1 Å². The monoisotopic (exact) mass is 200 g/mol. The second-order valence-corrected chi connectivity index (χ2v) is 5.51. The molecular formula is C10H20N2S. The zero-order valence-electron chi connectivity index (χ0n) is 8.38. The van der Waals surface area contributed by atoms with E-state index in [9.17, 15) is 0 Å².